The summed E-state index contributed by atoms with van der Waals surface area (Å²) in [5.74, 6) is -2.66. The molecule has 1 aliphatic carbocycles. The molecule has 0 saturated heterocycles. The number of carbonyl (C=O) groups excluding carboxylic acids is 2. The number of nitrogens with zero attached hydrogens (tertiary/aromatic N) is 1. The van der Waals surface area contributed by atoms with E-state index >= 15 is 4.39 Å². The van der Waals surface area contributed by atoms with Crippen LogP contribution in [0.5, 0.6) is 11.5 Å². The molecule has 0 spiro atoms. The molecule has 0 atom stereocenters. The summed E-state index contributed by atoms with van der Waals surface area (Å²) in [6.07, 6.45) is 5.43. The first-order chi connectivity index (χ1) is 20.7. The molecule has 1 fully saturated rings. The van der Waals surface area contributed by atoms with Gasteiger partial charge in [-0.15, -0.1) is 0 Å². The van der Waals surface area contributed by atoms with Crippen LogP contribution in [0.25, 0.3) is 0 Å². The van der Waals surface area contributed by atoms with Gasteiger partial charge in [0.05, 0.1) is 16.5 Å². The lowest BCUT2D eigenvalue weighted by Gasteiger charge is -2.35. The number of benzene rings is 1. The first kappa shape index (κ1) is 36.5. The van der Waals surface area contributed by atoms with E-state index in [0.717, 1.165) is 32.1 Å². The third kappa shape index (κ3) is 8.83. The number of hydrogen-bond acceptors (Lipinski definition) is 8. The van der Waals surface area contributed by atoms with E-state index in [0.29, 0.717) is 22.5 Å². The van der Waals surface area contributed by atoms with E-state index in [9.17, 15) is 29.0 Å². The summed E-state index contributed by atoms with van der Waals surface area (Å²) in [5, 5.41) is 7.76. The van der Waals surface area contributed by atoms with Gasteiger partial charge >= 0.3 is 19.5 Å². The Morgan fingerprint density at radius 3 is 1.98 bits per heavy atom. The van der Waals surface area contributed by atoms with Gasteiger partial charge in [0.15, 0.2) is 11.6 Å². The van der Waals surface area contributed by atoms with Gasteiger partial charge in [0, 0.05) is 18.0 Å². The topological polar surface area (TPSA) is 152 Å². The SMILES string of the molecule is Cc1cc(OC(COC(=O)C(C)(C)C)(COC(=O)C(C)(C)C)P(=O)(O)O)c(F)c(C)c1Cc1ccc(O)c(C2CCCCC2)n1. The van der Waals surface area contributed by atoms with Gasteiger partial charge in [-0.05, 0) is 103 Å². The summed E-state index contributed by atoms with van der Waals surface area (Å²) in [4.78, 5) is 50.9. The number of aromatic nitrogens is 1. The maximum atomic E-state index is 16.0. The van der Waals surface area contributed by atoms with Crippen molar-refractivity contribution in [2.45, 2.75) is 105 Å². The fourth-order valence-electron chi connectivity index (χ4n) is 5.09. The minimum Gasteiger partial charge on any atom is -0.506 e. The highest BCUT2D eigenvalue weighted by Crippen LogP contribution is 2.53. The van der Waals surface area contributed by atoms with E-state index < -0.39 is 60.5 Å². The number of ether oxygens (including phenoxy) is 3. The first-order valence-electron chi connectivity index (χ1n) is 15.2. The molecule has 2 aromatic rings. The highest BCUT2D eigenvalue weighted by molar-refractivity contribution is 7.53. The Bertz CT molecular complexity index is 1420. The van der Waals surface area contributed by atoms with Crippen LogP contribution in [0.15, 0.2) is 18.2 Å². The number of aromatic hydroxyl groups is 1. The molecule has 0 unspecified atom stereocenters. The van der Waals surface area contributed by atoms with E-state index in [1.165, 1.54) is 13.0 Å². The third-order valence-corrected chi connectivity index (χ3v) is 9.46. The van der Waals surface area contributed by atoms with E-state index in [2.05, 4.69) is 0 Å². The summed E-state index contributed by atoms with van der Waals surface area (Å²) < 4.78 is 45.3. The summed E-state index contributed by atoms with van der Waals surface area (Å²) in [6, 6.07) is 4.60. The maximum absolute atomic E-state index is 16.0. The van der Waals surface area contributed by atoms with Crippen molar-refractivity contribution in [1.29, 1.82) is 0 Å². The molecule has 250 valence electrons. The molecule has 1 aromatic heterocycles. The third-order valence-electron chi connectivity index (χ3n) is 8.04. The van der Waals surface area contributed by atoms with E-state index in [4.69, 9.17) is 19.2 Å². The van der Waals surface area contributed by atoms with E-state index in [1.54, 1.807) is 60.6 Å². The molecule has 3 rings (SSSR count). The smallest absolute Gasteiger partial charge is 0.376 e. The van der Waals surface area contributed by atoms with Crippen LogP contribution in [-0.2, 0) is 30.0 Å². The zero-order valence-electron chi connectivity index (χ0n) is 27.5. The van der Waals surface area contributed by atoms with Gasteiger partial charge in [-0.3, -0.25) is 19.1 Å². The van der Waals surface area contributed by atoms with Crippen LogP contribution in [0, 0.1) is 30.5 Å². The molecule has 1 heterocycles. The number of carbonyl (C=O) groups is 2. The molecular weight excluding hydrogens is 604 g/mol. The number of aryl methyl sites for hydroxylation is 1. The van der Waals surface area contributed by atoms with Crippen LogP contribution < -0.4 is 4.74 Å². The van der Waals surface area contributed by atoms with Gasteiger partial charge in [-0.25, -0.2) is 4.39 Å². The van der Waals surface area contributed by atoms with E-state index in [1.807, 2.05) is 0 Å². The zero-order valence-corrected chi connectivity index (χ0v) is 28.4. The highest BCUT2D eigenvalue weighted by atomic mass is 31.2. The molecule has 45 heavy (non-hydrogen) atoms. The molecule has 0 amide bonds. The molecule has 0 radical (unpaired) electrons. The quantitative estimate of drug-likeness (QED) is 0.189. The van der Waals surface area contributed by atoms with Gasteiger partial charge in [-0.1, -0.05) is 19.3 Å². The Hall–Kier alpha value is -3.01. The Morgan fingerprint density at radius 1 is 0.956 bits per heavy atom. The number of hydrogen-bond donors (Lipinski definition) is 3. The molecule has 1 aromatic carbocycles. The summed E-state index contributed by atoms with van der Waals surface area (Å²) >= 11 is 0. The van der Waals surface area contributed by atoms with Gasteiger partial charge in [0.25, 0.3) is 5.34 Å². The predicted molar refractivity (Wildman–Crippen MR) is 167 cm³/mol. The Labute approximate surface area is 264 Å². The number of esters is 2. The summed E-state index contributed by atoms with van der Waals surface area (Å²) in [6.45, 7) is 10.5. The minimum absolute atomic E-state index is 0.141. The van der Waals surface area contributed by atoms with Crippen LogP contribution in [-0.4, -0.2) is 50.4 Å². The van der Waals surface area contributed by atoms with Gasteiger partial charge in [0.2, 0.25) is 0 Å². The Balaban J connectivity index is 2.01. The van der Waals surface area contributed by atoms with Crippen molar-refractivity contribution >= 4 is 19.5 Å². The standard InChI is InChI=1S/C33H47FNO9P/c1-20-16-26(27(34)21(2)24(20)17-23-14-15-25(36)28(35-23)22-12-10-9-11-13-22)44-33(45(39,40)41,18-42-29(37)31(3,4)5)19-43-30(38)32(6,7)8/h14-16,22,36H,9-13,17-19H2,1-8H3,(H2,39,40,41). The maximum Gasteiger partial charge on any atom is 0.376 e. The summed E-state index contributed by atoms with van der Waals surface area (Å²) in [5.41, 5.74) is 0.536. The van der Waals surface area contributed by atoms with Crippen molar-refractivity contribution in [2.24, 2.45) is 10.8 Å². The van der Waals surface area contributed by atoms with Crippen molar-refractivity contribution in [1.82, 2.24) is 4.98 Å². The van der Waals surface area contributed by atoms with Crippen molar-refractivity contribution in [2.75, 3.05) is 13.2 Å². The highest BCUT2D eigenvalue weighted by Gasteiger charge is 2.54. The summed E-state index contributed by atoms with van der Waals surface area (Å²) in [7, 11) is -5.41. The number of pyridine rings is 1. The zero-order chi connectivity index (χ0) is 34.0. The largest absolute Gasteiger partial charge is 0.506 e. The van der Waals surface area contributed by atoms with Crippen LogP contribution in [0.1, 0.15) is 108 Å². The van der Waals surface area contributed by atoms with Gasteiger partial charge in [-0.2, -0.15) is 0 Å². The average molecular weight is 652 g/mol. The second kappa shape index (κ2) is 13.8. The fraction of sp³-hybridized carbons (Fsp3) is 0.606. The Morgan fingerprint density at radius 2 is 1.49 bits per heavy atom. The normalized spacial score (nSPS) is 15.1. The van der Waals surface area contributed by atoms with Crippen LogP contribution in [0.4, 0.5) is 4.39 Å². The van der Waals surface area contributed by atoms with Crippen molar-refractivity contribution in [3.63, 3.8) is 0 Å². The first-order valence-corrected chi connectivity index (χ1v) is 16.8. The lowest BCUT2D eigenvalue weighted by Crippen LogP contribution is -2.48. The van der Waals surface area contributed by atoms with Gasteiger partial charge in [0.1, 0.15) is 19.0 Å². The Kier molecular flexibility index (Phi) is 11.2. The van der Waals surface area contributed by atoms with Gasteiger partial charge < -0.3 is 29.1 Å². The number of halogens is 1. The van der Waals surface area contributed by atoms with Crippen molar-refractivity contribution in [3.8, 4) is 11.5 Å². The van der Waals surface area contributed by atoms with Crippen LogP contribution in [0.2, 0.25) is 0 Å². The molecule has 0 aliphatic heterocycles. The molecule has 0 bridgehead atoms. The average Bonchev–Trinajstić information content (AvgIpc) is 2.94. The molecule has 3 N–H and O–H groups in total. The van der Waals surface area contributed by atoms with Crippen LogP contribution in [0.3, 0.4) is 0 Å². The molecule has 10 nitrogen and oxygen atoms in total. The second-order valence-corrected chi connectivity index (χ2v) is 16.0. The fourth-order valence-corrected chi connectivity index (χ4v) is 5.78. The predicted octanol–water partition coefficient (Wildman–Crippen LogP) is 6.61. The van der Waals surface area contributed by atoms with Crippen molar-refractivity contribution < 1.29 is 47.6 Å². The van der Waals surface area contributed by atoms with E-state index in [-0.39, 0.29) is 23.7 Å². The molecule has 1 aliphatic rings. The molecular formula is C33H47FNO9P. The lowest BCUT2D eigenvalue weighted by molar-refractivity contribution is -0.164. The lowest BCUT2D eigenvalue weighted by atomic mass is 9.86. The minimum atomic E-state index is -5.41. The van der Waals surface area contributed by atoms with Crippen LogP contribution >= 0.6 is 7.60 Å². The molecule has 12 heteroatoms. The number of rotatable bonds is 10. The second-order valence-electron chi connectivity index (χ2n) is 14.1. The monoisotopic (exact) mass is 651 g/mol. The molecule has 1 saturated carbocycles. The van der Waals surface area contributed by atoms with Crippen molar-refractivity contribution in [3.05, 3.63) is 52.1 Å².